The van der Waals surface area contributed by atoms with Gasteiger partial charge in [0.05, 0.1) is 6.10 Å². The number of aromatic amines is 1. The number of aliphatic hydroxyl groups is 1. The minimum absolute atomic E-state index is 0.0142. The number of nitrogens with one attached hydrogen (secondary N) is 3. The first-order chi connectivity index (χ1) is 18.0. The molecule has 3 amide bonds. The highest BCUT2D eigenvalue weighted by Crippen LogP contribution is 2.22. The zero-order chi connectivity index (χ0) is 28.0. The van der Waals surface area contributed by atoms with Crippen LogP contribution >= 0.6 is 0 Å². The van der Waals surface area contributed by atoms with Crippen LogP contribution in [-0.4, -0.2) is 91.7 Å². The molecule has 13 nitrogen and oxygen atoms in total. The van der Waals surface area contributed by atoms with Crippen LogP contribution in [0.1, 0.15) is 38.2 Å². The molecule has 0 radical (unpaired) electrons. The number of likely N-dealkylation sites (tertiary alicyclic amines) is 1. The first kappa shape index (κ1) is 28.6. The highest BCUT2D eigenvalue weighted by atomic mass is 16.4. The maximum atomic E-state index is 13.3. The van der Waals surface area contributed by atoms with Crippen LogP contribution in [0.4, 0.5) is 0 Å². The van der Waals surface area contributed by atoms with Gasteiger partial charge < -0.3 is 41.6 Å². The van der Waals surface area contributed by atoms with Crippen LogP contribution in [0.25, 0.3) is 10.9 Å². The Hall–Kier alpha value is -3.97. The summed E-state index contributed by atoms with van der Waals surface area (Å²) in [6, 6.07) is 2.47. The fraction of sp³-hybridized carbons (Fsp3) is 0.480. The van der Waals surface area contributed by atoms with Crippen LogP contribution in [0, 0.1) is 0 Å². The summed E-state index contributed by atoms with van der Waals surface area (Å²) in [5.74, 6) is -4.60. The van der Waals surface area contributed by atoms with Crippen LogP contribution in [-0.2, 0) is 30.4 Å². The molecule has 38 heavy (non-hydrogen) atoms. The van der Waals surface area contributed by atoms with Gasteiger partial charge >= 0.3 is 11.9 Å². The first-order valence-electron chi connectivity index (χ1n) is 12.3. The van der Waals surface area contributed by atoms with Crippen molar-refractivity contribution in [3.8, 4) is 0 Å². The quantitative estimate of drug-likeness (QED) is 0.184. The molecule has 3 rings (SSSR count). The van der Waals surface area contributed by atoms with E-state index in [1.807, 2.05) is 24.3 Å². The molecular weight excluding hydrogens is 498 g/mol. The van der Waals surface area contributed by atoms with E-state index < -0.39 is 66.4 Å². The molecule has 5 atom stereocenters. The fourth-order valence-electron chi connectivity index (χ4n) is 4.50. The molecule has 1 saturated heterocycles. The zero-order valence-electron chi connectivity index (χ0n) is 20.9. The summed E-state index contributed by atoms with van der Waals surface area (Å²) in [6.45, 7) is 1.47. The van der Waals surface area contributed by atoms with Crippen molar-refractivity contribution in [3.05, 3.63) is 36.0 Å². The molecule has 13 heteroatoms. The molecule has 206 valence electrons. The summed E-state index contributed by atoms with van der Waals surface area (Å²) in [5, 5.41) is 34.2. The molecule has 1 aromatic heterocycles. The van der Waals surface area contributed by atoms with E-state index in [0.29, 0.717) is 12.0 Å². The number of rotatable bonds is 12. The van der Waals surface area contributed by atoms with E-state index in [-0.39, 0.29) is 25.8 Å². The van der Waals surface area contributed by atoms with Crippen LogP contribution in [0.2, 0.25) is 0 Å². The Morgan fingerprint density at radius 1 is 1.13 bits per heavy atom. The second-order valence-corrected chi connectivity index (χ2v) is 9.41. The number of nitrogens with zero attached hydrogens (tertiary/aromatic N) is 1. The van der Waals surface area contributed by atoms with E-state index in [4.69, 9.17) is 10.8 Å². The predicted octanol–water partition coefficient (Wildman–Crippen LogP) is -0.671. The summed E-state index contributed by atoms with van der Waals surface area (Å²) in [6.07, 6.45) is 0.528. The Morgan fingerprint density at radius 3 is 2.50 bits per heavy atom. The number of amides is 3. The number of H-pyrrole nitrogens is 1. The van der Waals surface area contributed by atoms with Gasteiger partial charge in [0, 0.05) is 36.5 Å². The smallest absolute Gasteiger partial charge is 0.326 e. The number of aromatic nitrogens is 1. The monoisotopic (exact) mass is 531 g/mol. The van der Waals surface area contributed by atoms with E-state index in [2.05, 4.69) is 15.6 Å². The number of aliphatic carboxylic acids is 2. The Bertz CT molecular complexity index is 1200. The SMILES string of the molecule is CC(O)C(N)C(=O)NC(CCC(=O)O)C(=O)N1CCCC1C(=O)NC(Cc1c[nH]c2ccccc12)C(=O)O. The summed E-state index contributed by atoms with van der Waals surface area (Å²) in [4.78, 5) is 66.3. The summed E-state index contributed by atoms with van der Waals surface area (Å²) in [5.41, 5.74) is 7.18. The van der Waals surface area contributed by atoms with Crippen molar-refractivity contribution >= 4 is 40.6 Å². The number of para-hydroxylation sites is 1. The normalized spacial score (nSPS) is 18.4. The lowest BCUT2D eigenvalue weighted by molar-refractivity contribution is -0.145. The molecule has 1 aromatic carbocycles. The van der Waals surface area contributed by atoms with Crippen molar-refractivity contribution in [2.45, 2.75) is 69.3 Å². The van der Waals surface area contributed by atoms with Crippen molar-refractivity contribution in [1.29, 1.82) is 0 Å². The number of carbonyl (C=O) groups excluding carboxylic acids is 3. The third-order valence-electron chi connectivity index (χ3n) is 6.64. The summed E-state index contributed by atoms with van der Waals surface area (Å²) < 4.78 is 0. The lowest BCUT2D eigenvalue weighted by Crippen LogP contribution is -2.58. The predicted molar refractivity (Wildman–Crippen MR) is 135 cm³/mol. The van der Waals surface area contributed by atoms with Gasteiger partial charge in [-0.15, -0.1) is 0 Å². The van der Waals surface area contributed by atoms with Gasteiger partial charge in [0.15, 0.2) is 0 Å². The number of hydrogen-bond donors (Lipinski definition) is 7. The summed E-state index contributed by atoms with van der Waals surface area (Å²) in [7, 11) is 0. The molecule has 0 bridgehead atoms. The zero-order valence-corrected chi connectivity index (χ0v) is 20.9. The van der Waals surface area contributed by atoms with E-state index >= 15 is 0 Å². The number of carbonyl (C=O) groups is 5. The van der Waals surface area contributed by atoms with Gasteiger partial charge in [-0.25, -0.2) is 4.79 Å². The number of benzene rings is 1. The Morgan fingerprint density at radius 2 is 1.84 bits per heavy atom. The lowest BCUT2D eigenvalue weighted by Gasteiger charge is -2.30. The van der Waals surface area contributed by atoms with Crippen molar-refractivity contribution in [2.75, 3.05) is 6.54 Å². The van der Waals surface area contributed by atoms with Gasteiger partial charge in [-0.1, -0.05) is 18.2 Å². The van der Waals surface area contributed by atoms with Gasteiger partial charge in [0.1, 0.15) is 24.2 Å². The fourth-order valence-corrected chi connectivity index (χ4v) is 4.50. The maximum Gasteiger partial charge on any atom is 0.326 e. The molecule has 1 fully saturated rings. The van der Waals surface area contributed by atoms with Crippen molar-refractivity contribution in [2.24, 2.45) is 5.73 Å². The van der Waals surface area contributed by atoms with Crippen LogP contribution in [0.5, 0.6) is 0 Å². The molecule has 5 unspecified atom stereocenters. The third-order valence-corrected chi connectivity index (χ3v) is 6.64. The molecule has 1 aliphatic rings. The van der Waals surface area contributed by atoms with Gasteiger partial charge in [-0.2, -0.15) is 0 Å². The van der Waals surface area contributed by atoms with E-state index in [0.717, 1.165) is 10.9 Å². The highest BCUT2D eigenvalue weighted by Gasteiger charge is 2.39. The number of aliphatic hydroxyl groups excluding tert-OH is 1. The molecule has 0 spiro atoms. The second-order valence-electron chi connectivity index (χ2n) is 9.41. The van der Waals surface area contributed by atoms with Crippen LogP contribution in [0.3, 0.4) is 0 Å². The molecule has 2 heterocycles. The van der Waals surface area contributed by atoms with Gasteiger partial charge in [0.2, 0.25) is 17.7 Å². The third kappa shape index (κ3) is 6.86. The van der Waals surface area contributed by atoms with Crippen molar-refractivity contribution in [1.82, 2.24) is 20.5 Å². The van der Waals surface area contributed by atoms with Gasteiger partial charge in [-0.3, -0.25) is 19.2 Å². The molecule has 1 aliphatic heterocycles. The minimum Gasteiger partial charge on any atom is -0.481 e. The average molecular weight is 532 g/mol. The van der Waals surface area contributed by atoms with E-state index in [1.54, 1.807) is 6.20 Å². The Balaban J connectivity index is 1.73. The summed E-state index contributed by atoms with van der Waals surface area (Å²) >= 11 is 0. The topological polar surface area (TPSA) is 215 Å². The van der Waals surface area contributed by atoms with Gasteiger partial charge in [0.25, 0.3) is 0 Å². The highest BCUT2D eigenvalue weighted by molar-refractivity contribution is 5.95. The largest absolute Gasteiger partial charge is 0.481 e. The number of carboxylic acids is 2. The lowest BCUT2D eigenvalue weighted by atomic mass is 10.0. The second kappa shape index (κ2) is 12.5. The number of fused-ring (bicyclic) bond motifs is 1. The Labute approximate surface area is 218 Å². The molecule has 8 N–H and O–H groups in total. The molecular formula is C25H33N5O8. The molecule has 0 saturated carbocycles. The number of hydrogen-bond acceptors (Lipinski definition) is 7. The first-order valence-corrected chi connectivity index (χ1v) is 12.3. The number of carboxylic acid groups (broad SMARTS) is 2. The molecule has 0 aliphatic carbocycles. The van der Waals surface area contributed by atoms with Crippen LogP contribution in [0.15, 0.2) is 30.5 Å². The standard InChI is InChI=1S/C25H33N5O8/c1-13(31)21(26)23(35)28-17(8-9-20(32)33)24(36)30-10-4-7-19(30)22(34)29-18(25(37)38)11-14-12-27-16-6-3-2-5-15(14)16/h2-3,5-6,12-13,17-19,21,27,31H,4,7-11,26H2,1H3,(H,28,35)(H,29,34)(H,32,33)(H,37,38). The van der Waals surface area contributed by atoms with Crippen molar-refractivity contribution in [3.63, 3.8) is 0 Å². The average Bonchev–Trinajstić information content (AvgIpc) is 3.52. The minimum atomic E-state index is -1.34. The number of nitrogens with two attached hydrogens (primary N) is 1. The van der Waals surface area contributed by atoms with Crippen molar-refractivity contribution < 1.29 is 39.3 Å². The van der Waals surface area contributed by atoms with E-state index in [1.165, 1.54) is 11.8 Å². The maximum absolute atomic E-state index is 13.3. The van der Waals surface area contributed by atoms with Gasteiger partial charge in [-0.05, 0) is 37.8 Å². The van der Waals surface area contributed by atoms with Crippen LogP contribution < -0.4 is 16.4 Å². The van der Waals surface area contributed by atoms with E-state index in [9.17, 15) is 34.2 Å². The molecule has 2 aromatic rings. The Kier molecular flexibility index (Phi) is 9.42.